The van der Waals surface area contributed by atoms with Crippen molar-refractivity contribution >= 4 is 22.7 Å². The maximum absolute atomic E-state index is 13.6. The fourth-order valence-corrected chi connectivity index (χ4v) is 4.22. The van der Waals surface area contributed by atoms with Crippen molar-refractivity contribution in [2.24, 2.45) is 0 Å². The van der Waals surface area contributed by atoms with Crippen molar-refractivity contribution in [3.8, 4) is 17.2 Å². The smallest absolute Gasteiger partial charge is 0.336 e. The Kier molecular flexibility index (Phi) is 7.91. The first-order valence-corrected chi connectivity index (χ1v) is 11.9. The van der Waals surface area contributed by atoms with Crippen LogP contribution in [0.2, 0.25) is 0 Å². The summed E-state index contributed by atoms with van der Waals surface area (Å²) < 4.78 is 13.0. The van der Waals surface area contributed by atoms with Gasteiger partial charge in [0.25, 0.3) is 5.56 Å². The third-order valence-corrected chi connectivity index (χ3v) is 6.15. The lowest BCUT2D eigenvalue weighted by molar-refractivity contribution is -0.122. The van der Waals surface area contributed by atoms with Gasteiger partial charge in [-0.15, -0.1) is 0 Å². The van der Waals surface area contributed by atoms with Crippen LogP contribution < -0.4 is 31.4 Å². The molecular formula is C28H28N4O6. The molecule has 4 rings (SSSR count). The number of hydrogen-bond acceptors (Lipinski definition) is 6. The van der Waals surface area contributed by atoms with Gasteiger partial charge in [-0.25, -0.2) is 9.36 Å². The molecule has 4 aromatic rings. The molecule has 0 saturated carbocycles. The number of ether oxygens (including phenoxy) is 2. The van der Waals surface area contributed by atoms with Crippen LogP contribution in [0.1, 0.15) is 11.1 Å². The van der Waals surface area contributed by atoms with E-state index in [0.29, 0.717) is 33.7 Å². The normalized spacial score (nSPS) is 10.7. The zero-order valence-corrected chi connectivity index (χ0v) is 21.3. The third kappa shape index (κ3) is 5.29. The number of amides is 2. The summed E-state index contributed by atoms with van der Waals surface area (Å²) in [6, 6.07) is 18.6. The molecule has 0 bridgehead atoms. The summed E-state index contributed by atoms with van der Waals surface area (Å²) in [6.07, 6.45) is 0.172. The molecule has 10 heteroatoms. The summed E-state index contributed by atoms with van der Waals surface area (Å²) >= 11 is 0. The van der Waals surface area contributed by atoms with Gasteiger partial charge in [0.15, 0.2) is 11.5 Å². The van der Waals surface area contributed by atoms with E-state index in [4.69, 9.17) is 9.47 Å². The predicted octanol–water partition coefficient (Wildman–Crippen LogP) is 1.77. The fraction of sp³-hybridized carbons (Fsp3) is 0.214. The Hall–Kier alpha value is -4.86. The van der Waals surface area contributed by atoms with Crippen LogP contribution >= 0.6 is 0 Å². The van der Waals surface area contributed by atoms with Gasteiger partial charge in [0.05, 0.1) is 37.2 Å². The van der Waals surface area contributed by atoms with E-state index in [0.717, 1.165) is 10.1 Å². The van der Waals surface area contributed by atoms with Crippen LogP contribution in [0.5, 0.6) is 11.5 Å². The molecule has 3 aromatic carbocycles. The molecule has 0 aliphatic rings. The molecular weight excluding hydrogens is 488 g/mol. The Morgan fingerprint density at radius 3 is 2.29 bits per heavy atom. The fourth-order valence-electron chi connectivity index (χ4n) is 4.22. The molecule has 0 fully saturated rings. The molecule has 0 spiro atoms. The van der Waals surface area contributed by atoms with Crippen molar-refractivity contribution in [3.63, 3.8) is 0 Å². The van der Waals surface area contributed by atoms with E-state index >= 15 is 0 Å². The van der Waals surface area contributed by atoms with Gasteiger partial charge in [-0.2, -0.15) is 0 Å². The summed E-state index contributed by atoms with van der Waals surface area (Å²) in [4.78, 5) is 51.5. The van der Waals surface area contributed by atoms with Crippen LogP contribution in [-0.4, -0.2) is 42.2 Å². The van der Waals surface area contributed by atoms with E-state index in [1.807, 2.05) is 0 Å². The van der Waals surface area contributed by atoms with Crippen LogP contribution in [0.3, 0.4) is 0 Å². The monoisotopic (exact) mass is 516 g/mol. The van der Waals surface area contributed by atoms with Gasteiger partial charge in [-0.1, -0.05) is 36.4 Å². The minimum Gasteiger partial charge on any atom is -0.493 e. The molecule has 1 aromatic heterocycles. The minimum atomic E-state index is -0.651. The van der Waals surface area contributed by atoms with E-state index in [9.17, 15) is 19.2 Å². The molecule has 0 atom stereocenters. The summed E-state index contributed by atoms with van der Waals surface area (Å²) in [7, 11) is 4.60. The van der Waals surface area contributed by atoms with Crippen molar-refractivity contribution in [2.45, 2.75) is 19.5 Å². The van der Waals surface area contributed by atoms with Gasteiger partial charge in [0, 0.05) is 19.2 Å². The SMILES string of the molecule is CNC(=O)Cc1ccc(-n2c(=O)c3ccccc3n(CC(=O)NCc3cccc(OC)c3OC)c2=O)cc1. The number of para-hydroxylation sites is 2. The number of nitrogens with zero attached hydrogens (tertiary/aromatic N) is 2. The molecule has 1 heterocycles. The van der Waals surface area contributed by atoms with Gasteiger partial charge < -0.3 is 20.1 Å². The number of benzene rings is 3. The minimum absolute atomic E-state index is 0.151. The first-order chi connectivity index (χ1) is 18.4. The molecule has 0 radical (unpaired) electrons. The highest BCUT2D eigenvalue weighted by atomic mass is 16.5. The molecule has 38 heavy (non-hydrogen) atoms. The summed E-state index contributed by atoms with van der Waals surface area (Å²) in [5.74, 6) is 0.468. The summed E-state index contributed by atoms with van der Waals surface area (Å²) in [6.45, 7) is -0.154. The highest BCUT2D eigenvalue weighted by Gasteiger charge is 2.17. The van der Waals surface area contributed by atoms with E-state index in [-0.39, 0.29) is 25.4 Å². The van der Waals surface area contributed by atoms with Crippen LogP contribution in [0.25, 0.3) is 16.6 Å². The van der Waals surface area contributed by atoms with Gasteiger partial charge in [-0.05, 0) is 35.9 Å². The van der Waals surface area contributed by atoms with Crippen molar-refractivity contribution in [1.82, 2.24) is 19.8 Å². The predicted molar refractivity (Wildman–Crippen MR) is 143 cm³/mol. The summed E-state index contributed by atoms with van der Waals surface area (Å²) in [5.41, 5.74) is 0.976. The molecule has 0 aliphatic heterocycles. The van der Waals surface area contributed by atoms with Crippen LogP contribution in [0, 0.1) is 0 Å². The average molecular weight is 517 g/mol. The lowest BCUT2D eigenvalue weighted by Gasteiger charge is -2.15. The van der Waals surface area contributed by atoms with Gasteiger partial charge in [0.2, 0.25) is 11.8 Å². The number of carbonyl (C=O) groups is 2. The second-order valence-corrected chi connectivity index (χ2v) is 8.47. The highest BCUT2D eigenvalue weighted by molar-refractivity contribution is 5.82. The first kappa shape index (κ1) is 26.2. The number of likely N-dealkylation sites (N-methyl/N-ethyl adjacent to an activating group) is 1. The van der Waals surface area contributed by atoms with E-state index in [1.54, 1.807) is 73.8 Å². The van der Waals surface area contributed by atoms with Crippen LogP contribution in [-0.2, 0) is 29.1 Å². The third-order valence-electron chi connectivity index (χ3n) is 6.15. The van der Waals surface area contributed by atoms with Crippen molar-refractivity contribution < 1.29 is 19.1 Å². The van der Waals surface area contributed by atoms with Gasteiger partial charge in [0.1, 0.15) is 6.54 Å². The second-order valence-electron chi connectivity index (χ2n) is 8.47. The topological polar surface area (TPSA) is 121 Å². The molecule has 196 valence electrons. The van der Waals surface area contributed by atoms with E-state index in [2.05, 4.69) is 10.6 Å². The maximum Gasteiger partial charge on any atom is 0.336 e. The Bertz CT molecular complexity index is 1600. The largest absolute Gasteiger partial charge is 0.493 e. The zero-order valence-electron chi connectivity index (χ0n) is 21.3. The number of rotatable bonds is 9. The number of carbonyl (C=O) groups excluding carboxylic acids is 2. The molecule has 2 N–H and O–H groups in total. The number of methoxy groups -OCH3 is 2. The quantitative estimate of drug-likeness (QED) is 0.350. The van der Waals surface area contributed by atoms with Crippen LogP contribution in [0.15, 0.2) is 76.3 Å². The molecule has 10 nitrogen and oxygen atoms in total. The molecule has 2 amide bonds. The van der Waals surface area contributed by atoms with Crippen LogP contribution in [0.4, 0.5) is 0 Å². The standard InChI is InChI=1S/C28H28N4O6/c1-29-24(33)15-18-11-13-20(14-12-18)32-27(35)21-8-4-5-9-22(21)31(28(32)36)17-25(34)30-16-19-7-6-10-23(37-2)26(19)38-3/h4-14H,15-17H2,1-3H3,(H,29,33)(H,30,34). The van der Waals surface area contributed by atoms with Gasteiger partial charge in [-0.3, -0.25) is 19.0 Å². The number of hydrogen-bond donors (Lipinski definition) is 2. The Balaban J connectivity index is 1.67. The molecule has 0 unspecified atom stereocenters. The highest BCUT2D eigenvalue weighted by Crippen LogP contribution is 2.30. The Morgan fingerprint density at radius 2 is 1.61 bits per heavy atom. The second kappa shape index (κ2) is 11.5. The maximum atomic E-state index is 13.6. The lowest BCUT2D eigenvalue weighted by Crippen LogP contribution is -2.41. The Labute approximate surface area is 218 Å². The number of aromatic nitrogens is 2. The lowest BCUT2D eigenvalue weighted by atomic mass is 10.1. The van der Waals surface area contributed by atoms with Crippen molar-refractivity contribution in [1.29, 1.82) is 0 Å². The summed E-state index contributed by atoms with van der Waals surface area (Å²) in [5, 5.41) is 5.66. The van der Waals surface area contributed by atoms with Crippen molar-refractivity contribution in [2.75, 3.05) is 21.3 Å². The number of nitrogens with one attached hydrogen (secondary N) is 2. The first-order valence-electron chi connectivity index (χ1n) is 11.9. The molecule has 0 saturated heterocycles. The Morgan fingerprint density at radius 1 is 0.868 bits per heavy atom. The average Bonchev–Trinajstić information content (AvgIpc) is 2.94. The number of fused-ring (bicyclic) bond motifs is 1. The van der Waals surface area contributed by atoms with Gasteiger partial charge >= 0.3 is 5.69 Å². The van der Waals surface area contributed by atoms with E-state index in [1.165, 1.54) is 18.8 Å². The van der Waals surface area contributed by atoms with E-state index < -0.39 is 17.2 Å². The molecule has 0 aliphatic carbocycles. The van der Waals surface area contributed by atoms with Crippen molar-refractivity contribution in [3.05, 3.63) is 98.7 Å². The zero-order chi connectivity index (χ0) is 27.2.